The SMILES string of the molecule is CCCCOC(=O)c1ccc(NC(=O)CSc2nc3sc4c(c3c(=O)[nH]2)CCCC4)cc1. The second kappa shape index (κ2) is 10.3. The second-order valence-electron chi connectivity index (χ2n) is 7.67. The van der Waals surface area contributed by atoms with Crippen molar-refractivity contribution in [2.75, 3.05) is 17.7 Å². The van der Waals surface area contributed by atoms with Gasteiger partial charge in [-0.25, -0.2) is 9.78 Å². The Morgan fingerprint density at radius 3 is 2.78 bits per heavy atom. The lowest BCUT2D eigenvalue weighted by molar-refractivity contribution is -0.113. The fourth-order valence-electron chi connectivity index (χ4n) is 3.63. The molecule has 0 unspecified atom stereocenters. The van der Waals surface area contributed by atoms with Crippen LogP contribution in [0.2, 0.25) is 0 Å². The number of esters is 1. The maximum Gasteiger partial charge on any atom is 0.338 e. The summed E-state index contributed by atoms with van der Waals surface area (Å²) in [4.78, 5) is 46.3. The summed E-state index contributed by atoms with van der Waals surface area (Å²) in [6.45, 7) is 2.44. The van der Waals surface area contributed by atoms with E-state index in [9.17, 15) is 14.4 Å². The topological polar surface area (TPSA) is 101 Å². The number of aryl methyl sites for hydroxylation is 2. The van der Waals surface area contributed by atoms with Gasteiger partial charge >= 0.3 is 5.97 Å². The van der Waals surface area contributed by atoms with Crippen LogP contribution < -0.4 is 10.9 Å². The van der Waals surface area contributed by atoms with Crippen molar-refractivity contribution in [1.82, 2.24) is 9.97 Å². The highest BCUT2D eigenvalue weighted by Crippen LogP contribution is 2.34. The van der Waals surface area contributed by atoms with E-state index in [2.05, 4.69) is 15.3 Å². The minimum atomic E-state index is -0.368. The Hall–Kier alpha value is -2.65. The molecule has 32 heavy (non-hydrogen) atoms. The molecule has 168 valence electrons. The number of ether oxygens (including phenoxy) is 1. The molecule has 1 aliphatic carbocycles. The molecule has 0 saturated heterocycles. The Morgan fingerprint density at radius 1 is 1.22 bits per heavy atom. The molecular formula is C23H25N3O4S2. The van der Waals surface area contributed by atoms with Crippen molar-refractivity contribution in [2.45, 2.75) is 50.6 Å². The first kappa shape index (κ1) is 22.5. The number of amides is 1. The van der Waals surface area contributed by atoms with Crippen LogP contribution in [-0.4, -0.2) is 34.2 Å². The minimum absolute atomic E-state index is 0.111. The summed E-state index contributed by atoms with van der Waals surface area (Å²) in [6, 6.07) is 6.59. The van der Waals surface area contributed by atoms with E-state index in [4.69, 9.17) is 4.74 Å². The van der Waals surface area contributed by atoms with Crippen LogP contribution in [0.5, 0.6) is 0 Å². The smallest absolute Gasteiger partial charge is 0.338 e. The molecule has 9 heteroatoms. The first-order valence-electron chi connectivity index (χ1n) is 10.8. The number of aromatic nitrogens is 2. The van der Waals surface area contributed by atoms with Gasteiger partial charge in [-0.15, -0.1) is 11.3 Å². The fraction of sp³-hybridized carbons (Fsp3) is 0.391. The van der Waals surface area contributed by atoms with Gasteiger partial charge in [0, 0.05) is 10.6 Å². The molecule has 2 aromatic heterocycles. The Balaban J connectivity index is 1.34. The Labute approximate surface area is 194 Å². The number of unbranched alkanes of at least 4 members (excludes halogenated alkanes) is 1. The van der Waals surface area contributed by atoms with Gasteiger partial charge < -0.3 is 15.0 Å². The van der Waals surface area contributed by atoms with Gasteiger partial charge in [0.25, 0.3) is 5.56 Å². The van der Waals surface area contributed by atoms with Gasteiger partial charge in [0.1, 0.15) is 4.83 Å². The van der Waals surface area contributed by atoms with Gasteiger partial charge in [-0.2, -0.15) is 0 Å². The summed E-state index contributed by atoms with van der Waals surface area (Å²) in [5, 5.41) is 3.95. The van der Waals surface area contributed by atoms with Gasteiger partial charge in [-0.05, 0) is 61.9 Å². The van der Waals surface area contributed by atoms with Crippen LogP contribution in [0.4, 0.5) is 5.69 Å². The Bertz CT molecular complexity index is 1180. The van der Waals surface area contributed by atoms with E-state index in [1.165, 1.54) is 16.6 Å². The number of nitrogens with one attached hydrogen (secondary N) is 2. The van der Waals surface area contributed by atoms with Gasteiger partial charge in [-0.1, -0.05) is 25.1 Å². The number of thioether (sulfide) groups is 1. The summed E-state index contributed by atoms with van der Waals surface area (Å²) in [7, 11) is 0. The number of thiophene rings is 1. The average Bonchev–Trinajstić information content (AvgIpc) is 3.17. The highest BCUT2D eigenvalue weighted by atomic mass is 32.2. The summed E-state index contributed by atoms with van der Waals surface area (Å²) >= 11 is 2.79. The number of benzene rings is 1. The molecular weight excluding hydrogens is 446 g/mol. The highest BCUT2D eigenvalue weighted by Gasteiger charge is 2.20. The quantitative estimate of drug-likeness (QED) is 0.216. The van der Waals surface area contributed by atoms with Crippen molar-refractivity contribution in [3.63, 3.8) is 0 Å². The molecule has 2 heterocycles. The lowest BCUT2D eigenvalue weighted by atomic mass is 9.97. The number of nitrogens with zero attached hydrogens (tertiary/aromatic N) is 1. The van der Waals surface area contributed by atoms with Crippen LogP contribution in [0.3, 0.4) is 0 Å². The normalized spacial score (nSPS) is 13.0. The van der Waals surface area contributed by atoms with Crippen LogP contribution in [0.1, 0.15) is 53.4 Å². The van der Waals surface area contributed by atoms with E-state index in [0.29, 0.717) is 28.4 Å². The molecule has 0 spiro atoms. The van der Waals surface area contributed by atoms with Gasteiger partial charge in [0.15, 0.2) is 5.16 Å². The Morgan fingerprint density at radius 2 is 2.00 bits per heavy atom. The fourth-order valence-corrected chi connectivity index (χ4v) is 5.61. The predicted molar refractivity (Wildman–Crippen MR) is 128 cm³/mol. The third-order valence-corrected chi connectivity index (χ3v) is 7.34. The standard InChI is InChI=1S/C23H25N3O4S2/c1-2-3-12-30-22(29)14-8-10-15(11-9-14)24-18(27)13-31-23-25-20(28)19-16-6-4-5-7-17(16)32-21(19)26-23/h8-11H,2-7,12-13H2,1H3,(H,24,27)(H,25,26,28). The van der Waals surface area contributed by atoms with Gasteiger partial charge in [0.2, 0.25) is 5.91 Å². The molecule has 0 fully saturated rings. The number of carbonyl (C=O) groups excluding carboxylic acids is 2. The molecule has 0 bridgehead atoms. The lowest BCUT2D eigenvalue weighted by Gasteiger charge is -2.09. The molecule has 7 nitrogen and oxygen atoms in total. The van der Waals surface area contributed by atoms with Crippen LogP contribution >= 0.6 is 23.1 Å². The number of hydrogen-bond donors (Lipinski definition) is 2. The van der Waals surface area contributed by atoms with Crippen molar-refractivity contribution in [2.24, 2.45) is 0 Å². The third-order valence-electron chi connectivity index (χ3n) is 5.28. The molecule has 2 N–H and O–H groups in total. The van der Waals surface area contributed by atoms with Crippen LogP contribution in [0.15, 0.2) is 34.2 Å². The highest BCUT2D eigenvalue weighted by molar-refractivity contribution is 7.99. The number of aromatic amines is 1. The largest absolute Gasteiger partial charge is 0.462 e. The number of carbonyl (C=O) groups is 2. The number of H-pyrrole nitrogens is 1. The number of anilines is 1. The summed E-state index contributed by atoms with van der Waals surface area (Å²) in [5.41, 5.74) is 2.06. The monoisotopic (exact) mass is 471 g/mol. The minimum Gasteiger partial charge on any atom is -0.462 e. The molecule has 0 saturated carbocycles. The van der Waals surface area contributed by atoms with E-state index in [1.807, 2.05) is 6.92 Å². The number of fused-ring (bicyclic) bond motifs is 3. The van der Waals surface area contributed by atoms with Crippen LogP contribution in [0.25, 0.3) is 10.2 Å². The first-order valence-corrected chi connectivity index (χ1v) is 12.6. The van der Waals surface area contributed by atoms with Crippen LogP contribution in [0, 0.1) is 0 Å². The zero-order chi connectivity index (χ0) is 22.5. The van der Waals surface area contributed by atoms with Crippen molar-refractivity contribution < 1.29 is 14.3 Å². The van der Waals surface area contributed by atoms with Crippen molar-refractivity contribution in [1.29, 1.82) is 0 Å². The molecule has 1 aromatic carbocycles. The maximum atomic E-state index is 12.6. The summed E-state index contributed by atoms with van der Waals surface area (Å²) in [5.74, 6) is -0.477. The molecule has 0 atom stereocenters. The molecule has 1 aliphatic rings. The van der Waals surface area contributed by atoms with E-state index in [1.54, 1.807) is 35.6 Å². The molecule has 4 rings (SSSR count). The molecule has 3 aromatic rings. The summed E-state index contributed by atoms with van der Waals surface area (Å²) < 4.78 is 5.18. The maximum absolute atomic E-state index is 12.6. The molecule has 1 amide bonds. The number of hydrogen-bond acceptors (Lipinski definition) is 7. The molecule has 0 aliphatic heterocycles. The average molecular weight is 472 g/mol. The molecule has 0 radical (unpaired) electrons. The predicted octanol–water partition coefficient (Wildman–Crippen LogP) is 4.55. The van der Waals surface area contributed by atoms with Gasteiger partial charge in [0.05, 0.1) is 23.3 Å². The van der Waals surface area contributed by atoms with Crippen LogP contribution in [-0.2, 0) is 22.4 Å². The number of rotatable bonds is 8. The first-order chi connectivity index (χ1) is 15.5. The Kier molecular flexibility index (Phi) is 7.26. The third kappa shape index (κ3) is 5.21. The summed E-state index contributed by atoms with van der Waals surface area (Å²) in [6.07, 6.45) is 6.00. The second-order valence-corrected chi connectivity index (χ2v) is 9.71. The zero-order valence-corrected chi connectivity index (χ0v) is 19.5. The van der Waals surface area contributed by atoms with Crippen molar-refractivity contribution in [3.05, 3.63) is 50.6 Å². The van der Waals surface area contributed by atoms with E-state index in [-0.39, 0.29) is 23.2 Å². The lowest BCUT2D eigenvalue weighted by Crippen LogP contribution is -2.16. The van der Waals surface area contributed by atoms with Crippen molar-refractivity contribution in [3.8, 4) is 0 Å². The van der Waals surface area contributed by atoms with E-state index in [0.717, 1.165) is 48.9 Å². The van der Waals surface area contributed by atoms with Crippen molar-refractivity contribution >= 4 is 50.9 Å². The van der Waals surface area contributed by atoms with Gasteiger partial charge in [-0.3, -0.25) is 9.59 Å². The zero-order valence-electron chi connectivity index (χ0n) is 17.9. The van der Waals surface area contributed by atoms with E-state index >= 15 is 0 Å². The van der Waals surface area contributed by atoms with E-state index < -0.39 is 0 Å².